The third-order valence-corrected chi connectivity index (χ3v) is 4.31. The van der Waals surface area contributed by atoms with Crippen molar-refractivity contribution in [2.75, 3.05) is 13.1 Å². The summed E-state index contributed by atoms with van der Waals surface area (Å²) in [5.74, 6) is 0.517. The molecule has 1 fully saturated rings. The Bertz CT molecular complexity index is 729. The van der Waals surface area contributed by atoms with Crippen LogP contribution in [0.4, 0.5) is 0 Å². The van der Waals surface area contributed by atoms with Crippen molar-refractivity contribution in [3.63, 3.8) is 0 Å². The Hall–Kier alpha value is -2.54. The molecule has 23 heavy (non-hydrogen) atoms. The van der Waals surface area contributed by atoms with Crippen LogP contribution in [-0.4, -0.2) is 39.9 Å². The summed E-state index contributed by atoms with van der Waals surface area (Å²) >= 11 is 0. The highest BCUT2D eigenvalue weighted by atomic mass is 16.5. The number of nitrogens with zero attached hydrogens (tertiary/aromatic N) is 3. The fourth-order valence-corrected chi connectivity index (χ4v) is 3.08. The Morgan fingerprint density at radius 2 is 1.96 bits per heavy atom. The Balaban J connectivity index is 1.52. The monoisotopic (exact) mass is 312 g/mol. The van der Waals surface area contributed by atoms with Gasteiger partial charge in [0.25, 0.3) is 11.8 Å². The van der Waals surface area contributed by atoms with Crippen molar-refractivity contribution in [1.29, 1.82) is 0 Å². The van der Waals surface area contributed by atoms with E-state index in [1.165, 1.54) is 4.90 Å². The normalized spacial score (nSPS) is 20.9. The minimum absolute atomic E-state index is 0.0377. The first-order chi connectivity index (χ1) is 11.2. The second kappa shape index (κ2) is 5.58. The van der Waals surface area contributed by atoms with Crippen LogP contribution in [-0.2, 0) is 6.54 Å². The van der Waals surface area contributed by atoms with Gasteiger partial charge in [-0.05, 0) is 31.5 Å². The first-order valence-electron chi connectivity index (χ1n) is 7.72. The molecule has 0 bridgehead atoms. The number of carbonyl (C=O) groups is 2. The van der Waals surface area contributed by atoms with Gasteiger partial charge in [0, 0.05) is 6.54 Å². The molecule has 7 nitrogen and oxygen atoms in total. The van der Waals surface area contributed by atoms with Crippen molar-refractivity contribution < 1.29 is 14.1 Å². The third kappa shape index (κ3) is 2.43. The van der Waals surface area contributed by atoms with E-state index in [9.17, 15) is 9.59 Å². The molecule has 2 amide bonds. The maximum Gasteiger partial charge on any atom is 0.261 e. The van der Waals surface area contributed by atoms with Crippen LogP contribution in [0.15, 0.2) is 28.8 Å². The van der Waals surface area contributed by atoms with E-state index in [1.807, 2.05) is 0 Å². The predicted octanol–water partition coefficient (Wildman–Crippen LogP) is 1.33. The number of fused-ring (bicyclic) bond motifs is 1. The molecule has 1 atom stereocenters. The zero-order chi connectivity index (χ0) is 15.8. The average molecular weight is 312 g/mol. The largest absolute Gasteiger partial charge is 0.339 e. The zero-order valence-electron chi connectivity index (χ0n) is 12.5. The van der Waals surface area contributed by atoms with Crippen LogP contribution < -0.4 is 5.32 Å². The number of benzene rings is 1. The van der Waals surface area contributed by atoms with Gasteiger partial charge in [-0.2, -0.15) is 4.98 Å². The van der Waals surface area contributed by atoms with Crippen molar-refractivity contribution in [1.82, 2.24) is 20.4 Å². The van der Waals surface area contributed by atoms with Gasteiger partial charge in [0.2, 0.25) is 5.89 Å². The summed E-state index contributed by atoms with van der Waals surface area (Å²) in [6, 6.07) is 6.81. The van der Waals surface area contributed by atoms with Gasteiger partial charge >= 0.3 is 0 Å². The van der Waals surface area contributed by atoms with Crippen molar-refractivity contribution in [3.05, 3.63) is 47.1 Å². The molecule has 0 aliphatic carbocycles. The summed E-state index contributed by atoms with van der Waals surface area (Å²) in [5.41, 5.74) is 0.857. The third-order valence-electron chi connectivity index (χ3n) is 4.31. The van der Waals surface area contributed by atoms with Gasteiger partial charge in [0.05, 0.1) is 23.6 Å². The van der Waals surface area contributed by atoms with Crippen LogP contribution in [0.5, 0.6) is 0 Å². The van der Waals surface area contributed by atoms with Gasteiger partial charge < -0.3 is 9.84 Å². The molecule has 3 heterocycles. The number of piperidine rings is 1. The predicted molar refractivity (Wildman–Crippen MR) is 79.8 cm³/mol. The second-order valence-corrected chi connectivity index (χ2v) is 5.83. The number of imide groups is 1. The van der Waals surface area contributed by atoms with E-state index in [1.54, 1.807) is 24.3 Å². The van der Waals surface area contributed by atoms with Crippen LogP contribution in [0.25, 0.3) is 0 Å². The molecule has 2 aromatic rings. The summed E-state index contributed by atoms with van der Waals surface area (Å²) < 4.78 is 5.31. The summed E-state index contributed by atoms with van der Waals surface area (Å²) in [7, 11) is 0. The molecule has 2 aliphatic heterocycles. The molecule has 1 aromatic heterocycles. The number of amides is 2. The molecule has 2 aliphatic rings. The zero-order valence-corrected chi connectivity index (χ0v) is 12.5. The van der Waals surface area contributed by atoms with Gasteiger partial charge in [-0.3, -0.25) is 14.5 Å². The highest BCUT2D eigenvalue weighted by Gasteiger charge is 2.36. The molecule has 0 saturated carbocycles. The Morgan fingerprint density at radius 1 is 1.22 bits per heavy atom. The highest BCUT2D eigenvalue weighted by Crippen LogP contribution is 2.25. The number of hydrogen-bond donors (Lipinski definition) is 1. The van der Waals surface area contributed by atoms with Gasteiger partial charge in [0.1, 0.15) is 0 Å². The topological polar surface area (TPSA) is 88.3 Å². The van der Waals surface area contributed by atoms with Gasteiger partial charge in [-0.25, -0.2) is 0 Å². The lowest BCUT2D eigenvalue weighted by Gasteiger charge is -2.18. The maximum atomic E-state index is 12.3. The summed E-state index contributed by atoms with van der Waals surface area (Å²) in [6.07, 6.45) is 2.07. The van der Waals surface area contributed by atoms with E-state index in [2.05, 4.69) is 15.5 Å². The minimum Gasteiger partial charge on any atom is -0.339 e. The molecule has 0 unspecified atom stereocenters. The number of carbonyl (C=O) groups excluding carboxylic acids is 2. The minimum atomic E-state index is -0.309. The molecule has 4 rings (SSSR count). The van der Waals surface area contributed by atoms with Gasteiger partial charge in [-0.15, -0.1) is 0 Å². The average Bonchev–Trinajstić information content (AvgIpc) is 3.16. The van der Waals surface area contributed by atoms with Crippen molar-refractivity contribution >= 4 is 11.8 Å². The standard InChI is InChI=1S/C16H16N4O3/c21-15-11-5-1-2-6-12(11)16(22)20(15)9-13-18-14(23-19-13)10-4-3-7-17-8-10/h1-2,5-6,10,17H,3-4,7-9H2/t10-/m0/s1. The van der Waals surface area contributed by atoms with E-state index in [4.69, 9.17) is 4.52 Å². The molecule has 1 N–H and O–H groups in total. The fraction of sp³-hybridized carbons (Fsp3) is 0.375. The SMILES string of the molecule is O=C1c2ccccc2C(=O)N1Cc1noc([C@H]2CCCNC2)n1. The van der Waals surface area contributed by atoms with Crippen LogP contribution in [0.2, 0.25) is 0 Å². The number of nitrogens with one attached hydrogen (secondary N) is 1. The molecule has 0 radical (unpaired) electrons. The lowest BCUT2D eigenvalue weighted by Crippen LogP contribution is -2.30. The van der Waals surface area contributed by atoms with Crippen molar-refractivity contribution in [3.8, 4) is 0 Å². The van der Waals surface area contributed by atoms with Crippen LogP contribution >= 0.6 is 0 Å². The highest BCUT2D eigenvalue weighted by molar-refractivity contribution is 6.21. The van der Waals surface area contributed by atoms with Gasteiger partial charge in [0.15, 0.2) is 5.82 Å². The fourth-order valence-electron chi connectivity index (χ4n) is 3.08. The Labute approximate surface area is 132 Å². The molecular weight excluding hydrogens is 296 g/mol. The van der Waals surface area contributed by atoms with E-state index in [0.29, 0.717) is 22.8 Å². The van der Waals surface area contributed by atoms with Crippen molar-refractivity contribution in [2.24, 2.45) is 0 Å². The lowest BCUT2D eigenvalue weighted by atomic mass is 10.00. The van der Waals surface area contributed by atoms with Crippen LogP contribution in [0.1, 0.15) is 51.2 Å². The second-order valence-electron chi connectivity index (χ2n) is 5.83. The number of aromatic nitrogens is 2. The first kappa shape index (κ1) is 14.1. The van der Waals surface area contributed by atoms with Crippen LogP contribution in [0.3, 0.4) is 0 Å². The van der Waals surface area contributed by atoms with E-state index >= 15 is 0 Å². The van der Waals surface area contributed by atoms with Crippen molar-refractivity contribution in [2.45, 2.75) is 25.3 Å². The smallest absolute Gasteiger partial charge is 0.261 e. The summed E-state index contributed by atoms with van der Waals surface area (Å²) in [5, 5.41) is 7.22. The summed E-state index contributed by atoms with van der Waals surface area (Å²) in [4.78, 5) is 30.2. The molecule has 0 spiro atoms. The van der Waals surface area contributed by atoms with E-state index in [-0.39, 0.29) is 24.3 Å². The number of rotatable bonds is 3. The molecule has 118 valence electrons. The van der Waals surface area contributed by atoms with E-state index in [0.717, 1.165) is 25.9 Å². The Kier molecular flexibility index (Phi) is 3.42. The molecule has 1 saturated heterocycles. The first-order valence-corrected chi connectivity index (χ1v) is 7.72. The van der Waals surface area contributed by atoms with Gasteiger partial charge in [-0.1, -0.05) is 17.3 Å². The molecular formula is C16H16N4O3. The summed E-state index contributed by atoms with van der Waals surface area (Å²) in [6.45, 7) is 1.86. The molecule has 1 aromatic carbocycles. The van der Waals surface area contributed by atoms with Crippen LogP contribution in [0, 0.1) is 0 Å². The quantitative estimate of drug-likeness (QED) is 0.860. The van der Waals surface area contributed by atoms with E-state index < -0.39 is 0 Å². The maximum absolute atomic E-state index is 12.3. The number of hydrogen-bond acceptors (Lipinski definition) is 6. The molecule has 7 heteroatoms. The Morgan fingerprint density at radius 3 is 2.61 bits per heavy atom. The lowest BCUT2D eigenvalue weighted by molar-refractivity contribution is 0.0637.